The molecule has 0 amide bonds. The Morgan fingerprint density at radius 3 is 2.23 bits per heavy atom. The van der Waals surface area contributed by atoms with Crippen LogP contribution < -0.4 is 0 Å². The van der Waals surface area contributed by atoms with Crippen molar-refractivity contribution in [3.63, 3.8) is 0 Å². The van der Waals surface area contributed by atoms with Gasteiger partial charge in [-0.3, -0.25) is 4.90 Å². The maximum atomic E-state index is 2.71. The second kappa shape index (κ2) is 4.99. The van der Waals surface area contributed by atoms with Crippen molar-refractivity contribution in [1.29, 1.82) is 0 Å². The van der Waals surface area contributed by atoms with Crippen molar-refractivity contribution in [2.75, 3.05) is 6.54 Å². The van der Waals surface area contributed by atoms with E-state index in [0.29, 0.717) is 0 Å². The normalized spacial score (nSPS) is 26.8. The fourth-order valence-electron chi connectivity index (χ4n) is 2.51. The Hall–Kier alpha value is -0.0400. The lowest BCUT2D eigenvalue weighted by Crippen LogP contribution is -2.42. The molecule has 0 unspecified atom stereocenters. The van der Waals surface area contributed by atoms with E-state index in [4.69, 9.17) is 0 Å². The molecule has 0 saturated carbocycles. The number of nitrogens with zero attached hydrogens (tertiary/aromatic N) is 1. The summed E-state index contributed by atoms with van der Waals surface area (Å²) in [5.41, 5.74) is 0. The van der Waals surface area contributed by atoms with E-state index in [1.54, 1.807) is 0 Å². The van der Waals surface area contributed by atoms with Gasteiger partial charge in [-0.1, -0.05) is 26.7 Å². The lowest BCUT2D eigenvalue weighted by molar-refractivity contribution is 0.121. The Balaban J connectivity index is 2.61. The van der Waals surface area contributed by atoms with Crippen molar-refractivity contribution in [2.24, 2.45) is 5.92 Å². The molecule has 0 aromatic heterocycles. The zero-order valence-corrected chi connectivity index (χ0v) is 9.71. The summed E-state index contributed by atoms with van der Waals surface area (Å²) < 4.78 is 0. The van der Waals surface area contributed by atoms with Crippen LogP contribution in [0.25, 0.3) is 0 Å². The second-order valence-corrected chi connectivity index (χ2v) is 4.99. The van der Waals surface area contributed by atoms with E-state index in [0.717, 1.165) is 18.0 Å². The van der Waals surface area contributed by atoms with Gasteiger partial charge >= 0.3 is 0 Å². The highest BCUT2D eigenvalue weighted by Crippen LogP contribution is 2.24. The average molecular weight is 183 g/mol. The number of hydrogen-bond acceptors (Lipinski definition) is 1. The molecule has 0 aliphatic carbocycles. The van der Waals surface area contributed by atoms with Crippen LogP contribution in [0.4, 0.5) is 0 Å². The molecular weight excluding hydrogens is 158 g/mol. The van der Waals surface area contributed by atoms with Crippen LogP contribution >= 0.6 is 0 Å². The first-order valence-electron chi connectivity index (χ1n) is 5.88. The molecule has 0 spiro atoms. The van der Waals surface area contributed by atoms with E-state index in [-0.39, 0.29) is 0 Å². The Kier molecular flexibility index (Phi) is 4.24. The zero-order valence-electron chi connectivity index (χ0n) is 9.71. The van der Waals surface area contributed by atoms with Crippen molar-refractivity contribution in [1.82, 2.24) is 4.90 Å². The largest absolute Gasteiger partial charge is 0.298 e. The quantitative estimate of drug-likeness (QED) is 0.635. The third-order valence-electron chi connectivity index (χ3n) is 3.28. The minimum Gasteiger partial charge on any atom is -0.298 e. The lowest BCUT2D eigenvalue weighted by Gasteiger charge is -2.36. The highest BCUT2D eigenvalue weighted by Gasteiger charge is 2.25. The molecule has 1 atom stereocenters. The zero-order chi connectivity index (χ0) is 9.84. The molecule has 1 heteroatoms. The standard InChI is InChI=1S/C12H25N/c1-10(2)12-8-6-5-7-9-13(12)11(3)4/h10-12H,5-9H2,1-4H3/t12-/m1/s1. The molecule has 13 heavy (non-hydrogen) atoms. The van der Waals surface area contributed by atoms with E-state index in [9.17, 15) is 0 Å². The molecule has 1 heterocycles. The van der Waals surface area contributed by atoms with Crippen molar-refractivity contribution >= 4 is 0 Å². The van der Waals surface area contributed by atoms with Gasteiger partial charge in [-0.15, -0.1) is 0 Å². The van der Waals surface area contributed by atoms with Crippen molar-refractivity contribution in [2.45, 2.75) is 65.5 Å². The van der Waals surface area contributed by atoms with E-state index >= 15 is 0 Å². The molecule has 1 fully saturated rings. The molecular formula is C12H25N. The second-order valence-electron chi connectivity index (χ2n) is 4.99. The van der Waals surface area contributed by atoms with Gasteiger partial charge in [0.25, 0.3) is 0 Å². The van der Waals surface area contributed by atoms with E-state index in [2.05, 4.69) is 32.6 Å². The van der Waals surface area contributed by atoms with Gasteiger partial charge in [-0.05, 0) is 39.2 Å². The summed E-state index contributed by atoms with van der Waals surface area (Å²) in [5, 5.41) is 0. The van der Waals surface area contributed by atoms with Crippen LogP contribution in [-0.2, 0) is 0 Å². The molecule has 0 bridgehead atoms. The summed E-state index contributed by atoms with van der Waals surface area (Å²) in [7, 11) is 0. The van der Waals surface area contributed by atoms with Gasteiger partial charge in [0.1, 0.15) is 0 Å². The van der Waals surface area contributed by atoms with Crippen LogP contribution in [-0.4, -0.2) is 23.5 Å². The highest BCUT2D eigenvalue weighted by molar-refractivity contribution is 4.79. The van der Waals surface area contributed by atoms with Crippen molar-refractivity contribution in [3.05, 3.63) is 0 Å². The molecule has 1 rings (SSSR count). The first-order chi connectivity index (χ1) is 6.13. The monoisotopic (exact) mass is 183 g/mol. The Morgan fingerprint density at radius 1 is 1.00 bits per heavy atom. The Bertz CT molecular complexity index is 124. The lowest BCUT2D eigenvalue weighted by atomic mass is 9.97. The number of rotatable bonds is 2. The van der Waals surface area contributed by atoms with Crippen LogP contribution in [0, 0.1) is 5.92 Å². The summed E-state index contributed by atoms with van der Waals surface area (Å²) in [6, 6.07) is 1.56. The van der Waals surface area contributed by atoms with Gasteiger partial charge in [0, 0.05) is 12.1 Å². The highest BCUT2D eigenvalue weighted by atomic mass is 15.2. The predicted molar refractivity (Wildman–Crippen MR) is 58.9 cm³/mol. The smallest absolute Gasteiger partial charge is 0.0121 e. The molecule has 1 aliphatic heterocycles. The summed E-state index contributed by atoms with van der Waals surface area (Å²) in [4.78, 5) is 2.71. The third-order valence-corrected chi connectivity index (χ3v) is 3.28. The third kappa shape index (κ3) is 2.98. The fourth-order valence-corrected chi connectivity index (χ4v) is 2.51. The minimum absolute atomic E-state index is 0.727. The summed E-state index contributed by atoms with van der Waals surface area (Å²) in [6.45, 7) is 10.7. The summed E-state index contributed by atoms with van der Waals surface area (Å²) in [6.07, 6.45) is 5.69. The van der Waals surface area contributed by atoms with Crippen LogP contribution in [0.15, 0.2) is 0 Å². The van der Waals surface area contributed by atoms with Gasteiger partial charge in [0.05, 0.1) is 0 Å². The van der Waals surface area contributed by atoms with Crippen molar-refractivity contribution in [3.8, 4) is 0 Å². The molecule has 0 aromatic carbocycles. The van der Waals surface area contributed by atoms with Crippen molar-refractivity contribution < 1.29 is 0 Å². The number of likely N-dealkylation sites (tertiary alicyclic amines) is 1. The van der Waals surface area contributed by atoms with E-state index in [1.807, 2.05) is 0 Å². The van der Waals surface area contributed by atoms with Crippen LogP contribution in [0.5, 0.6) is 0 Å². The fraction of sp³-hybridized carbons (Fsp3) is 1.00. The SMILES string of the molecule is CC(C)[C@H]1CCCCCN1C(C)C. The van der Waals surface area contributed by atoms with E-state index in [1.165, 1.54) is 32.2 Å². The Labute approximate surface area is 83.5 Å². The molecule has 0 N–H and O–H groups in total. The van der Waals surface area contributed by atoms with Gasteiger partial charge in [0.2, 0.25) is 0 Å². The molecule has 0 radical (unpaired) electrons. The maximum Gasteiger partial charge on any atom is 0.0121 e. The van der Waals surface area contributed by atoms with Gasteiger partial charge in [0.15, 0.2) is 0 Å². The molecule has 1 saturated heterocycles. The minimum atomic E-state index is 0.727. The van der Waals surface area contributed by atoms with Gasteiger partial charge in [-0.25, -0.2) is 0 Å². The molecule has 0 aromatic rings. The van der Waals surface area contributed by atoms with Crippen LogP contribution in [0.1, 0.15) is 53.4 Å². The predicted octanol–water partition coefficient (Wildman–Crippen LogP) is 3.30. The first kappa shape index (κ1) is 11.0. The first-order valence-corrected chi connectivity index (χ1v) is 5.88. The van der Waals surface area contributed by atoms with Crippen LogP contribution in [0.3, 0.4) is 0 Å². The summed E-state index contributed by atoms with van der Waals surface area (Å²) in [5.74, 6) is 0.820. The van der Waals surface area contributed by atoms with Crippen LogP contribution in [0.2, 0.25) is 0 Å². The van der Waals surface area contributed by atoms with Gasteiger partial charge in [-0.2, -0.15) is 0 Å². The molecule has 1 nitrogen and oxygen atoms in total. The van der Waals surface area contributed by atoms with Gasteiger partial charge < -0.3 is 0 Å². The maximum absolute atomic E-state index is 2.71. The molecule has 78 valence electrons. The van der Waals surface area contributed by atoms with E-state index < -0.39 is 0 Å². The average Bonchev–Trinajstić information content (AvgIpc) is 2.27. The number of hydrogen-bond donors (Lipinski definition) is 0. The Morgan fingerprint density at radius 2 is 1.69 bits per heavy atom. The molecule has 1 aliphatic rings. The topological polar surface area (TPSA) is 3.24 Å². The summed E-state index contributed by atoms with van der Waals surface area (Å²) >= 11 is 0.